The molecule has 0 saturated carbocycles. The second-order valence-corrected chi connectivity index (χ2v) is 7.59. The number of nitrogen functional groups attached to an aromatic ring is 1. The summed E-state index contributed by atoms with van der Waals surface area (Å²) < 4.78 is 13.2. The van der Waals surface area contributed by atoms with E-state index in [0.717, 1.165) is 10.0 Å². The van der Waals surface area contributed by atoms with E-state index in [2.05, 4.69) is 34.1 Å². The minimum Gasteiger partial charge on any atom is -0.368 e. The van der Waals surface area contributed by atoms with Crippen LogP contribution in [0.15, 0.2) is 30.5 Å². The van der Waals surface area contributed by atoms with E-state index in [0.29, 0.717) is 17.0 Å². The number of thiazole rings is 1. The average Bonchev–Trinajstić information content (AvgIpc) is 3.02. The minimum atomic E-state index is -0.405. The maximum absolute atomic E-state index is 13.2. The van der Waals surface area contributed by atoms with Crippen LogP contribution < -0.4 is 11.1 Å². The summed E-state index contributed by atoms with van der Waals surface area (Å²) in [5.41, 5.74) is 7.61. The quantitative estimate of drug-likeness (QED) is 0.564. The molecule has 27 heavy (non-hydrogen) atoms. The molecule has 3 rings (SSSR count). The summed E-state index contributed by atoms with van der Waals surface area (Å²) in [4.78, 5) is 13.6. The van der Waals surface area contributed by atoms with Crippen LogP contribution >= 0.6 is 22.9 Å². The van der Waals surface area contributed by atoms with Crippen molar-refractivity contribution >= 4 is 34.0 Å². The van der Waals surface area contributed by atoms with E-state index in [1.807, 2.05) is 13.8 Å². The lowest BCUT2D eigenvalue weighted by molar-refractivity contribution is 0.628. The molecule has 144 valence electrons. The van der Waals surface area contributed by atoms with Crippen molar-refractivity contribution < 1.29 is 4.39 Å². The van der Waals surface area contributed by atoms with Gasteiger partial charge in [0, 0.05) is 17.8 Å². The first kappa shape index (κ1) is 21.1. The van der Waals surface area contributed by atoms with Crippen molar-refractivity contribution in [1.82, 2.24) is 15.0 Å². The van der Waals surface area contributed by atoms with Gasteiger partial charge in [0.25, 0.3) is 0 Å². The summed E-state index contributed by atoms with van der Waals surface area (Å²) in [5.74, 6) is -0.285. The first-order chi connectivity index (χ1) is 12.8. The molecule has 0 unspecified atom stereocenters. The van der Waals surface area contributed by atoms with Crippen LogP contribution in [0, 0.1) is 5.82 Å². The molecule has 0 aliphatic heterocycles. The van der Waals surface area contributed by atoms with E-state index in [-0.39, 0.29) is 17.0 Å². The van der Waals surface area contributed by atoms with Gasteiger partial charge >= 0.3 is 0 Å². The third-order valence-electron chi connectivity index (χ3n) is 3.12. The van der Waals surface area contributed by atoms with E-state index in [1.165, 1.54) is 29.9 Å². The fourth-order valence-corrected chi connectivity index (χ4v) is 3.32. The lowest BCUT2D eigenvalue weighted by Crippen LogP contribution is -2.08. The van der Waals surface area contributed by atoms with Crippen LogP contribution in [0.3, 0.4) is 0 Å². The van der Waals surface area contributed by atoms with Gasteiger partial charge in [-0.05, 0) is 38.1 Å². The molecule has 0 aliphatic carbocycles. The standard InChI is InChI=1S/C16H15ClFN5S.C3H8/c1-8(2)21-16-20-7-14(24-16)13-6-12(22-15(19)23-13)10-4-3-9(18)5-11(10)17;1-3-2/h3-8H,1-2H3,(H,20,21)(H2,19,22,23);3H2,1-2H3. The number of nitrogens with one attached hydrogen (secondary N) is 1. The number of rotatable bonds is 4. The molecule has 2 aromatic heterocycles. The SMILES string of the molecule is CC(C)Nc1ncc(-c2cc(-c3ccc(F)cc3Cl)nc(N)n2)s1.CCC. The Morgan fingerprint density at radius 2 is 1.85 bits per heavy atom. The van der Waals surface area contributed by atoms with Gasteiger partial charge in [-0.2, -0.15) is 0 Å². The number of aromatic nitrogens is 3. The van der Waals surface area contributed by atoms with E-state index in [1.54, 1.807) is 18.3 Å². The van der Waals surface area contributed by atoms with Crippen LogP contribution in [0.5, 0.6) is 0 Å². The highest BCUT2D eigenvalue weighted by Crippen LogP contribution is 2.33. The Hall–Kier alpha value is -2.25. The van der Waals surface area contributed by atoms with Gasteiger partial charge in [0.15, 0.2) is 5.13 Å². The molecule has 8 heteroatoms. The summed E-state index contributed by atoms with van der Waals surface area (Å²) >= 11 is 7.59. The molecule has 0 radical (unpaired) electrons. The maximum Gasteiger partial charge on any atom is 0.221 e. The fourth-order valence-electron chi connectivity index (χ4n) is 2.13. The van der Waals surface area contributed by atoms with Crippen molar-refractivity contribution in [3.8, 4) is 21.8 Å². The predicted molar refractivity (Wildman–Crippen MR) is 113 cm³/mol. The number of halogens is 2. The summed E-state index contributed by atoms with van der Waals surface area (Å²) in [5, 5.41) is 4.31. The molecule has 0 saturated heterocycles. The normalized spacial score (nSPS) is 10.5. The molecule has 0 amide bonds. The number of anilines is 2. The molecule has 0 fully saturated rings. The molecule has 1 aromatic carbocycles. The number of hydrogen-bond acceptors (Lipinski definition) is 6. The Morgan fingerprint density at radius 3 is 2.48 bits per heavy atom. The molecular formula is C19H23ClFN5S. The molecule has 0 aliphatic rings. The molecule has 0 atom stereocenters. The van der Waals surface area contributed by atoms with Gasteiger partial charge in [-0.15, -0.1) is 0 Å². The summed E-state index contributed by atoms with van der Waals surface area (Å²) in [7, 11) is 0. The van der Waals surface area contributed by atoms with Crippen LogP contribution in [0.25, 0.3) is 21.8 Å². The van der Waals surface area contributed by atoms with Crippen LogP contribution in [0.4, 0.5) is 15.5 Å². The van der Waals surface area contributed by atoms with Gasteiger partial charge in [0.1, 0.15) is 5.82 Å². The van der Waals surface area contributed by atoms with E-state index in [4.69, 9.17) is 17.3 Å². The van der Waals surface area contributed by atoms with Gasteiger partial charge < -0.3 is 11.1 Å². The summed E-state index contributed by atoms with van der Waals surface area (Å²) in [6, 6.07) is 6.19. The van der Waals surface area contributed by atoms with Crippen molar-refractivity contribution in [2.75, 3.05) is 11.1 Å². The first-order valence-corrected chi connectivity index (χ1v) is 9.86. The zero-order chi connectivity index (χ0) is 20.0. The molecule has 0 bridgehead atoms. The summed E-state index contributed by atoms with van der Waals surface area (Å²) in [6.07, 6.45) is 2.98. The van der Waals surface area contributed by atoms with Crippen molar-refractivity contribution in [2.24, 2.45) is 0 Å². The van der Waals surface area contributed by atoms with E-state index >= 15 is 0 Å². The second kappa shape index (κ2) is 9.62. The lowest BCUT2D eigenvalue weighted by Gasteiger charge is -2.07. The highest BCUT2D eigenvalue weighted by Gasteiger charge is 2.13. The number of nitrogens with zero attached hydrogens (tertiary/aromatic N) is 3. The molecule has 5 nitrogen and oxygen atoms in total. The smallest absolute Gasteiger partial charge is 0.221 e. The Morgan fingerprint density at radius 1 is 1.19 bits per heavy atom. The second-order valence-electron chi connectivity index (χ2n) is 6.16. The van der Waals surface area contributed by atoms with Crippen LogP contribution in [0.1, 0.15) is 34.1 Å². The molecule has 3 aromatic rings. The number of benzene rings is 1. The van der Waals surface area contributed by atoms with Gasteiger partial charge in [-0.25, -0.2) is 19.3 Å². The monoisotopic (exact) mass is 407 g/mol. The van der Waals surface area contributed by atoms with Gasteiger partial charge in [0.2, 0.25) is 5.95 Å². The maximum atomic E-state index is 13.2. The Bertz CT molecular complexity index is 898. The topological polar surface area (TPSA) is 76.7 Å². The third-order valence-corrected chi connectivity index (χ3v) is 4.38. The van der Waals surface area contributed by atoms with Crippen LogP contribution in [-0.2, 0) is 0 Å². The van der Waals surface area contributed by atoms with Gasteiger partial charge in [0.05, 0.1) is 21.3 Å². The van der Waals surface area contributed by atoms with Crippen LogP contribution in [-0.4, -0.2) is 21.0 Å². The zero-order valence-corrected chi connectivity index (χ0v) is 17.3. The molecular weight excluding hydrogens is 385 g/mol. The Balaban J connectivity index is 0.000000817. The van der Waals surface area contributed by atoms with Crippen molar-refractivity contribution in [3.05, 3.63) is 41.3 Å². The zero-order valence-electron chi connectivity index (χ0n) is 15.8. The first-order valence-electron chi connectivity index (χ1n) is 8.66. The van der Waals surface area contributed by atoms with Crippen molar-refractivity contribution in [1.29, 1.82) is 0 Å². The summed E-state index contributed by atoms with van der Waals surface area (Å²) in [6.45, 7) is 8.33. The fraction of sp³-hybridized carbons (Fsp3) is 0.316. The van der Waals surface area contributed by atoms with Gasteiger partial charge in [-0.1, -0.05) is 43.2 Å². The largest absolute Gasteiger partial charge is 0.368 e. The van der Waals surface area contributed by atoms with Crippen molar-refractivity contribution in [3.63, 3.8) is 0 Å². The van der Waals surface area contributed by atoms with E-state index < -0.39 is 5.82 Å². The minimum absolute atomic E-state index is 0.120. The van der Waals surface area contributed by atoms with Crippen LogP contribution in [0.2, 0.25) is 5.02 Å². The number of hydrogen-bond donors (Lipinski definition) is 2. The molecule has 3 N–H and O–H groups in total. The predicted octanol–water partition coefficient (Wildman–Crippen LogP) is 5.88. The highest BCUT2D eigenvalue weighted by molar-refractivity contribution is 7.18. The molecule has 2 heterocycles. The average molecular weight is 408 g/mol. The number of nitrogens with two attached hydrogens (primary N) is 1. The van der Waals surface area contributed by atoms with Crippen molar-refractivity contribution in [2.45, 2.75) is 40.2 Å². The Labute approximate surface area is 167 Å². The van der Waals surface area contributed by atoms with E-state index in [9.17, 15) is 4.39 Å². The molecule has 0 spiro atoms. The lowest BCUT2D eigenvalue weighted by atomic mass is 10.1. The highest BCUT2D eigenvalue weighted by atomic mass is 35.5. The Kier molecular flexibility index (Phi) is 7.50. The third kappa shape index (κ3) is 5.87. The van der Waals surface area contributed by atoms with Gasteiger partial charge in [-0.3, -0.25) is 0 Å².